The SMILES string of the molecule is CCC(=O)N1Cc2ccccc2-c2c(nnn2CCOCCOCCOCCNC(=O)CC[C@H](NC(=O)c2ccc(NCc3cnc4nc(N)[nH]c(=O)c4n3)cc2)C(=O)O)-c2ccccc21. The molecule has 0 unspecified atom stereocenters. The number of aromatic nitrogens is 7. The third-order valence-corrected chi connectivity index (χ3v) is 10.5. The minimum absolute atomic E-state index is 0.0298. The van der Waals surface area contributed by atoms with Crippen LogP contribution >= 0.6 is 0 Å². The molecule has 21 nitrogen and oxygen atoms in total. The van der Waals surface area contributed by atoms with Crippen LogP contribution in [0.1, 0.15) is 47.8 Å². The van der Waals surface area contributed by atoms with E-state index in [-0.39, 0.29) is 67.0 Å². The van der Waals surface area contributed by atoms with E-state index in [0.29, 0.717) is 69.6 Å². The Morgan fingerprint density at radius 1 is 0.894 bits per heavy atom. The molecule has 0 fully saturated rings. The third kappa shape index (κ3) is 11.7. The van der Waals surface area contributed by atoms with Crippen molar-refractivity contribution in [2.24, 2.45) is 0 Å². The fraction of sp³-hybridized carbons (Fsp3) is 0.333. The maximum Gasteiger partial charge on any atom is 0.326 e. The average Bonchev–Trinajstić information content (AvgIpc) is 3.74. The fourth-order valence-corrected chi connectivity index (χ4v) is 7.19. The predicted octanol–water partition coefficient (Wildman–Crippen LogP) is 2.92. The molecule has 1 aliphatic rings. The lowest BCUT2D eigenvalue weighted by atomic mass is 9.95. The Balaban J connectivity index is 0.752. The van der Waals surface area contributed by atoms with Gasteiger partial charge in [-0.25, -0.2) is 19.4 Å². The van der Waals surface area contributed by atoms with Crippen molar-refractivity contribution in [1.29, 1.82) is 0 Å². The number of nitrogens with two attached hydrogens (primary N) is 1. The second-order valence-corrected chi connectivity index (χ2v) is 15.0. The molecule has 4 heterocycles. The number of carbonyl (C=O) groups is 4. The smallest absolute Gasteiger partial charge is 0.326 e. The normalized spacial score (nSPS) is 12.3. The van der Waals surface area contributed by atoms with E-state index in [0.717, 1.165) is 28.1 Å². The summed E-state index contributed by atoms with van der Waals surface area (Å²) in [5.74, 6) is -2.30. The van der Waals surface area contributed by atoms with Gasteiger partial charge in [0, 0.05) is 41.8 Å². The van der Waals surface area contributed by atoms with Gasteiger partial charge in [0.1, 0.15) is 11.7 Å². The van der Waals surface area contributed by atoms with Gasteiger partial charge in [-0.1, -0.05) is 54.6 Å². The molecule has 344 valence electrons. The lowest BCUT2D eigenvalue weighted by Crippen LogP contribution is -2.41. The highest BCUT2D eigenvalue weighted by Crippen LogP contribution is 2.41. The van der Waals surface area contributed by atoms with Gasteiger partial charge in [0.05, 0.1) is 82.5 Å². The predicted molar refractivity (Wildman–Crippen MR) is 242 cm³/mol. The second-order valence-electron chi connectivity index (χ2n) is 15.0. The van der Waals surface area contributed by atoms with E-state index in [1.165, 1.54) is 18.3 Å². The van der Waals surface area contributed by atoms with Crippen molar-refractivity contribution in [2.75, 3.05) is 62.1 Å². The molecule has 1 aliphatic heterocycles. The molecule has 7 rings (SSSR count). The highest BCUT2D eigenvalue weighted by Gasteiger charge is 2.28. The first-order valence-corrected chi connectivity index (χ1v) is 21.4. The lowest BCUT2D eigenvalue weighted by Gasteiger charge is -2.28. The van der Waals surface area contributed by atoms with Crippen molar-refractivity contribution >= 4 is 52.2 Å². The molecule has 0 saturated heterocycles. The van der Waals surface area contributed by atoms with Crippen molar-refractivity contribution in [3.63, 3.8) is 0 Å². The minimum atomic E-state index is -1.29. The highest BCUT2D eigenvalue weighted by atomic mass is 16.5. The number of amides is 3. The zero-order chi connectivity index (χ0) is 46.4. The third-order valence-electron chi connectivity index (χ3n) is 10.5. The molecule has 0 saturated carbocycles. The molecule has 3 aromatic heterocycles. The standard InChI is InChI=1S/C45H50N12O9/c1-2-37(59)56-27-29-7-3-4-8-32(29)40-38(33-9-5-6-10-35(33)56)54-55-57(40)18-20-65-22-24-66-23-21-64-19-17-47-36(58)16-15-34(44(62)63)51-42(60)28-11-13-30(14-12-28)48-25-31-26-49-41-39(50-31)43(61)53-45(46)52-41/h3-14,26,34,48H,2,15-25,27H2,1H3,(H,47,58)(H,51,60)(H,62,63)(H3,46,49,52,53,61)/t34-/m0/s1. The number of aliphatic carboxylic acids is 1. The second kappa shape index (κ2) is 22.3. The quantitative estimate of drug-likeness (QED) is 0.0534. The number of benzene rings is 3. The number of anilines is 3. The Bertz CT molecular complexity index is 2730. The van der Waals surface area contributed by atoms with Crippen LogP contribution in [0.25, 0.3) is 33.7 Å². The summed E-state index contributed by atoms with van der Waals surface area (Å²) >= 11 is 0. The Hall–Kier alpha value is -7.62. The molecule has 66 heavy (non-hydrogen) atoms. The number of H-pyrrole nitrogens is 1. The number of fused-ring (bicyclic) bond motifs is 6. The van der Waals surface area contributed by atoms with Gasteiger partial charge in [-0.3, -0.25) is 24.2 Å². The zero-order valence-corrected chi connectivity index (χ0v) is 36.2. The van der Waals surface area contributed by atoms with Crippen LogP contribution in [0.2, 0.25) is 0 Å². The lowest BCUT2D eigenvalue weighted by molar-refractivity contribution is -0.139. The first-order valence-electron chi connectivity index (χ1n) is 21.4. The number of para-hydroxylation sites is 1. The van der Waals surface area contributed by atoms with Gasteiger partial charge in [-0.15, -0.1) is 5.10 Å². The van der Waals surface area contributed by atoms with Crippen LogP contribution in [-0.2, 0) is 48.2 Å². The molecule has 6 aromatic rings. The topological polar surface area (TPSA) is 284 Å². The molecule has 0 bridgehead atoms. The van der Waals surface area contributed by atoms with Gasteiger partial charge in [0.2, 0.25) is 17.8 Å². The van der Waals surface area contributed by atoms with Crippen LogP contribution in [0.4, 0.5) is 17.3 Å². The molecular formula is C45H50N12O9. The van der Waals surface area contributed by atoms with Crippen molar-refractivity contribution in [3.8, 4) is 22.5 Å². The maximum absolute atomic E-state index is 13.0. The molecule has 3 aromatic carbocycles. The molecule has 3 amide bonds. The molecule has 7 N–H and O–H groups in total. The monoisotopic (exact) mass is 902 g/mol. The van der Waals surface area contributed by atoms with E-state index < -0.39 is 23.5 Å². The van der Waals surface area contributed by atoms with Crippen molar-refractivity contribution < 1.29 is 38.5 Å². The van der Waals surface area contributed by atoms with Crippen molar-refractivity contribution in [2.45, 2.75) is 51.9 Å². The van der Waals surface area contributed by atoms with Gasteiger partial charge in [0.15, 0.2) is 11.2 Å². The minimum Gasteiger partial charge on any atom is -0.480 e. The molecule has 21 heteroatoms. The van der Waals surface area contributed by atoms with Crippen LogP contribution in [-0.4, -0.2) is 116 Å². The summed E-state index contributed by atoms with van der Waals surface area (Å²) < 4.78 is 18.9. The van der Waals surface area contributed by atoms with Crippen LogP contribution in [0.15, 0.2) is 83.8 Å². The first kappa shape index (κ1) is 46.4. The number of hydrogen-bond donors (Lipinski definition) is 6. The molecule has 1 atom stereocenters. The van der Waals surface area contributed by atoms with Crippen LogP contribution in [0, 0.1) is 0 Å². The number of hydrogen-bond acceptors (Lipinski definition) is 15. The molecule has 0 spiro atoms. The van der Waals surface area contributed by atoms with E-state index >= 15 is 0 Å². The average molecular weight is 903 g/mol. The summed E-state index contributed by atoms with van der Waals surface area (Å²) in [6.45, 7) is 5.09. The number of nitrogens with one attached hydrogen (secondary N) is 4. The largest absolute Gasteiger partial charge is 0.480 e. The molecule has 0 aliphatic carbocycles. The van der Waals surface area contributed by atoms with Crippen molar-refractivity contribution in [3.05, 3.63) is 106 Å². The van der Waals surface area contributed by atoms with Gasteiger partial charge < -0.3 is 45.9 Å². The molecular weight excluding hydrogens is 853 g/mol. The van der Waals surface area contributed by atoms with Gasteiger partial charge in [-0.2, -0.15) is 4.98 Å². The Morgan fingerprint density at radius 3 is 2.36 bits per heavy atom. The fourth-order valence-electron chi connectivity index (χ4n) is 7.19. The van der Waals surface area contributed by atoms with Crippen molar-refractivity contribution in [1.82, 2.24) is 45.6 Å². The van der Waals surface area contributed by atoms with Gasteiger partial charge in [-0.05, 0) is 42.3 Å². The van der Waals surface area contributed by atoms with E-state index in [9.17, 15) is 29.1 Å². The highest BCUT2D eigenvalue weighted by molar-refractivity contribution is 6.00. The van der Waals surface area contributed by atoms with Crippen LogP contribution in [0.5, 0.6) is 0 Å². The van der Waals surface area contributed by atoms with E-state index in [2.05, 4.69) is 46.2 Å². The summed E-state index contributed by atoms with van der Waals surface area (Å²) in [4.78, 5) is 78.9. The Labute approximate surface area is 378 Å². The number of rotatable bonds is 22. The number of carboxylic acid groups (broad SMARTS) is 1. The zero-order valence-electron chi connectivity index (χ0n) is 36.2. The Kier molecular flexibility index (Phi) is 15.7. The van der Waals surface area contributed by atoms with Gasteiger partial charge >= 0.3 is 5.97 Å². The van der Waals surface area contributed by atoms with Gasteiger partial charge in [0.25, 0.3) is 11.5 Å². The summed E-state index contributed by atoms with van der Waals surface area (Å²) in [7, 11) is 0. The number of carboxylic acids is 1. The summed E-state index contributed by atoms with van der Waals surface area (Å²) in [5, 5.41) is 27.0. The number of carbonyl (C=O) groups excluding carboxylic acids is 3. The summed E-state index contributed by atoms with van der Waals surface area (Å²) in [5.41, 5.74) is 11.7. The number of ether oxygens (including phenoxy) is 3. The van der Waals surface area contributed by atoms with E-state index in [1.54, 1.807) is 12.1 Å². The van der Waals surface area contributed by atoms with Crippen LogP contribution in [0.3, 0.4) is 0 Å². The number of aromatic amines is 1. The number of nitrogen functional groups attached to an aromatic ring is 1. The van der Waals surface area contributed by atoms with E-state index in [4.69, 9.17) is 19.9 Å². The summed E-state index contributed by atoms with van der Waals surface area (Å²) in [6, 6.07) is 20.8. The van der Waals surface area contributed by atoms with Crippen LogP contribution < -0.4 is 32.1 Å². The molecule has 0 radical (unpaired) electrons. The maximum atomic E-state index is 13.0. The number of nitrogens with zero attached hydrogens (tertiary/aromatic N) is 7. The first-order chi connectivity index (χ1) is 32.1. The Morgan fingerprint density at radius 2 is 1.61 bits per heavy atom. The summed E-state index contributed by atoms with van der Waals surface area (Å²) in [6.07, 6.45) is 1.60. The van der Waals surface area contributed by atoms with E-state index in [1.807, 2.05) is 65.0 Å².